The summed E-state index contributed by atoms with van der Waals surface area (Å²) in [5, 5.41) is 7.44. The molecule has 1 amide bonds. The van der Waals surface area contributed by atoms with Gasteiger partial charge in [0.15, 0.2) is 0 Å². The number of anilines is 3. The van der Waals surface area contributed by atoms with Crippen LogP contribution in [0.3, 0.4) is 0 Å². The van der Waals surface area contributed by atoms with Gasteiger partial charge in [-0.1, -0.05) is 19.1 Å². The molecular weight excluding hydrogens is 444 g/mol. The summed E-state index contributed by atoms with van der Waals surface area (Å²) < 4.78 is 1.91. The van der Waals surface area contributed by atoms with Crippen molar-refractivity contribution in [3.05, 3.63) is 82.6 Å². The van der Waals surface area contributed by atoms with Gasteiger partial charge in [-0.3, -0.25) is 9.69 Å². The van der Waals surface area contributed by atoms with E-state index in [-0.39, 0.29) is 5.91 Å². The van der Waals surface area contributed by atoms with Gasteiger partial charge < -0.3 is 15.0 Å². The lowest BCUT2D eigenvalue weighted by atomic mass is 10.1. The van der Waals surface area contributed by atoms with Gasteiger partial charge in [0.25, 0.3) is 5.91 Å². The van der Waals surface area contributed by atoms with E-state index in [0.29, 0.717) is 4.88 Å². The lowest BCUT2D eigenvalue weighted by molar-refractivity contribution is 0.103. The molecule has 5 heterocycles. The smallest absolute Gasteiger partial charge is 0.265 e. The maximum Gasteiger partial charge on any atom is 0.265 e. The SMILES string of the molecule is CCN1Cc2cccc(Nc3ccc4cc(C(=O)Nc5ccc6nc(C)cn6c5)sc4n3)c2C1. The fourth-order valence-corrected chi connectivity index (χ4v) is 5.38. The van der Waals surface area contributed by atoms with Crippen LogP contribution in [0.25, 0.3) is 15.9 Å². The van der Waals surface area contributed by atoms with Crippen LogP contribution < -0.4 is 10.6 Å². The number of hydrogen-bond donors (Lipinski definition) is 2. The number of aromatic nitrogens is 3. The highest BCUT2D eigenvalue weighted by molar-refractivity contribution is 7.20. The van der Waals surface area contributed by atoms with Gasteiger partial charge in [-0.05, 0) is 61.0 Å². The average Bonchev–Trinajstić information content (AvgIpc) is 3.54. The highest BCUT2D eigenvalue weighted by Crippen LogP contribution is 2.32. The summed E-state index contributed by atoms with van der Waals surface area (Å²) in [6, 6.07) is 16.0. The predicted octanol–water partition coefficient (Wildman–Crippen LogP) is 5.58. The molecule has 0 radical (unpaired) electrons. The minimum absolute atomic E-state index is 0.144. The Hall–Kier alpha value is -3.75. The van der Waals surface area contributed by atoms with Crippen molar-refractivity contribution in [2.75, 3.05) is 17.2 Å². The van der Waals surface area contributed by atoms with Crippen LogP contribution in [0.2, 0.25) is 0 Å². The second kappa shape index (κ2) is 8.23. The third-order valence-corrected chi connectivity index (χ3v) is 7.24. The topological polar surface area (TPSA) is 74.6 Å². The van der Waals surface area contributed by atoms with Gasteiger partial charge in [0, 0.05) is 36.6 Å². The van der Waals surface area contributed by atoms with E-state index in [9.17, 15) is 4.79 Å². The first-order valence-corrected chi connectivity index (χ1v) is 12.1. The predicted molar refractivity (Wildman–Crippen MR) is 137 cm³/mol. The van der Waals surface area contributed by atoms with Crippen molar-refractivity contribution in [2.45, 2.75) is 26.9 Å². The number of carbonyl (C=O) groups excluding carboxylic acids is 1. The number of rotatable bonds is 5. The summed E-state index contributed by atoms with van der Waals surface area (Å²) in [5.74, 6) is 0.639. The molecule has 2 N–H and O–H groups in total. The van der Waals surface area contributed by atoms with E-state index in [1.165, 1.54) is 22.5 Å². The summed E-state index contributed by atoms with van der Waals surface area (Å²) in [5.41, 5.74) is 6.32. The van der Waals surface area contributed by atoms with Gasteiger partial charge in [-0.15, -0.1) is 11.3 Å². The zero-order chi connectivity index (χ0) is 23.2. The average molecular weight is 469 g/mol. The Morgan fingerprint density at radius 2 is 2.00 bits per heavy atom. The molecule has 0 atom stereocenters. The van der Waals surface area contributed by atoms with Crippen LogP contribution in [0.4, 0.5) is 17.2 Å². The number of nitrogens with zero attached hydrogens (tertiary/aromatic N) is 4. The van der Waals surface area contributed by atoms with Crippen LogP contribution in [0, 0.1) is 6.92 Å². The molecule has 7 nitrogen and oxygen atoms in total. The molecule has 1 aliphatic heterocycles. The van der Waals surface area contributed by atoms with Gasteiger partial charge in [-0.25, -0.2) is 9.97 Å². The lowest BCUT2D eigenvalue weighted by Gasteiger charge is -2.12. The monoisotopic (exact) mass is 468 g/mol. The van der Waals surface area contributed by atoms with Crippen LogP contribution in [-0.2, 0) is 13.1 Å². The van der Waals surface area contributed by atoms with Crippen molar-refractivity contribution in [2.24, 2.45) is 0 Å². The molecule has 4 aromatic heterocycles. The van der Waals surface area contributed by atoms with Crippen molar-refractivity contribution in [3.63, 3.8) is 0 Å². The highest BCUT2D eigenvalue weighted by atomic mass is 32.1. The zero-order valence-corrected chi connectivity index (χ0v) is 19.8. The van der Waals surface area contributed by atoms with Crippen LogP contribution in [-0.4, -0.2) is 31.7 Å². The third-order valence-electron chi connectivity index (χ3n) is 6.19. The summed E-state index contributed by atoms with van der Waals surface area (Å²) in [4.78, 5) is 26.0. The molecule has 5 aromatic rings. The van der Waals surface area contributed by atoms with Gasteiger partial charge in [0.05, 0.1) is 16.3 Å². The van der Waals surface area contributed by atoms with E-state index in [4.69, 9.17) is 4.98 Å². The lowest BCUT2D eigenvalue weighted by Crippen LogP contribution is -2.14. The van der Waals surface area contributed by atoms with Crippen LogP contribution in [0.15, 0.2) is 60.9 Å². The second-order valence-electron chi connectivity index (χ2n) is 8.59. The zero-order valence-electron chi connectivity index (χ0n) is 19.0. The van der Waals surface area contributed by atoms with Crippen LogP contribution >= 0.6 is 11.3 Å². The molecule has 8 heteroatoms. The first-order chi connectivity index (χ1) is 16.6. The molecule has 0 saturated heterocycles. The van der Waals surface area contributed by atoms with E-state index in [1.54, 1.807) is 0 Å². The highest BCUT2D eigenvalue weighted by Gasteiger charge is 2.20. The number of benzene rings is 1. The minimum Gasteiger partial charge on any atom is -0.340 e. The molecule has 170 valence electrons. The molecular formula is C26H24N6OS. The number of nitrogens with one attached hydrogen (secondary N) is 2. The number of pyridine rings is 2. The van der Waals surface area contributed by atoms with Gasteiger partial charge in [0.1, 0.15) is 16.3 Å². The largest absolute Gasteiger partial charge is 0.340 e. The van der Waals surface area contributed by atoms with Gasteiger partial charge in [-0.2, -0.15) is 0 Å². The van der Waals surface area contributed by atoms with Gasteiger partial charge >= 0.3 is 0 Å². The molecule has 0 aliphatic carbocycles. The Morgan fingerprint density at radius 1 is 1.09 bits per heavy atom. The molecule has 0 bridgehead atoms. The normalized spacial score (nSPS) is 13.5. The molecule has 34 heavy (non-hydrogen) atoms. The first-order valence-electron chi connectivity index (χ1n) is 11.3. The minimum atomic E-state index is -0.144. The molecule has 1 aliphatic rings. The van der Waals surface area contributed by atoms with Crippen molar-refractivity contribution < 1.29 is 4.79 Å². The Balaban J connectivity index is 1.22. The van der Waals surface area contributed by atoms with Crippen molar-refractivity contribution >= 4 is 50.3 Å². The van der Waals surface area contributed by atoms with E-state index in [0.717, 1.165) is 58.4 Å². The molecule has 1 aromatic carbocycles. The molecule has 0 fully saturated rings. The summed E-state index contributed by atoms with van der Waals surface area (Å²) >= 11 is 1.40. The second-order valence-corrected chi connectivity index (χ2v) is 9.62. The van der Waals surface area contributed by atoms with E-state index >= 15 is 0 Å². The fourth-order valence-electron chi connectivity index (χ4n) is 4.45. The Morgan fingerprint density at radius 3 is 2.88 bits per heavy atom. The quantitative estimate of drug-likeness (QED) is 0.352. The van der Waals surface area contributed by atoms with Gasteiger partial charge in [0.2, 0.25) is 0 Å². The van der Waals surface area contributed by atoms with Crippen molar-refractivity contribution in [1.29, 1.82) is 0 Å². The fraction of sp³-hybridized carbons (Fsp3) is 0.192. The Kier molecular flexibility index (Phi) is 5.04. The summed E-state index contributed by atoms with van der Waals surface area (Å²) in [7, 11) is 0. The van der Waals surface area contributed by atoms with Crippen LogP contribution in [0.5, 0.6) is 0 Å². The number of hydrogen-bond acceptors (Lipinski definition) is 6. The number of imidazole rings is 1. The molecule has 6 rings (SSSR count). The molecule has 0 saturated carbocycles. The molecule has 0 spiro atoms. The maximum absolute atomic E-state index is 12.9. The Labute approximate surface area is 201 Å². The number of aryl methyl sites for hydroxylation is 1. The number of thiophene rings is 1. The van der Waals surface area contributed by atoms with Crippen molar-refractivity contribution in [1.82, 2.24) is 19.3 Å². The van der Waals surface area contributed by atoms with E-state index < -0.39 is 0 Å². The Bertz CT molecular complexity index is 1550. The maximum atomic E-state index is 12.9. The van der Waals surface area contributed by atoms with Crippen molar-refractivity contribution in [3.8, 4) is 0 Å². The summed E-state index contributed by atoms with van der Waals surface area (Å²) in [6.45, 7) is 7.11. The van der Waals surface area contributed by atoms with Crippen LogP contribution in [0.1, 0.15) is 33.4 Å². The number of fused-ring (bicyclic) bond motifs is 3. The van der Waals surface area contributed by atoms with E-state index in [1.807, 2.05) is 54.0 Å². The first kappa shape index (κ1) is 20.8. The summed E-state index contributed by atoms with van der Waals surface area (Å²) in [6.07, 6.45) is 3.81. The number of carbonyl (C=O) groups is 1. The third kappa shape index (κ3) is 3.81. The van der Waals surface area contributed by atoms with E-state index in [2.05, 4.69) is 45.6 Å². The number of amides is 1. The standard InChI is InChI=1S/C26H24N6OS/c1-3-31-13-18-5-4-6-21(20(18)15-31)29-23-9-7-17-11-22(34-26(17)30-23)25(33)28-19-8-10-24-27-16(2)12-32(24)14-19/h4-12,14H,3,13,15H2,1-2H3,(H,28,33)(H,29,30). The molecule has 0 unspecified atom stereocenters.